The lowest BCUT2D eigenvalue weighted by atomic mass is 9.34. The van der Waals surface area contributed by atoms with Gasteiger partial charge in [0.2, 0.25) is 6.71 Å². The number of hydrogen-bond donors (Lipinski definition) is 1. The van der Waals surface area contributed by atoms with Gasteiger partial charge in [-0.1, -0.05) is 97.1 Å². The number of H-pyrrole nitrogens is 1. The summed E-state index contributed by atoms with van der Waals surface area (Å²) in [4.78, 5) is 6.81. The van der Waals surface area contributed by atoms with Crippen molar-refractivity contribution in [2.75, 3.05) is 0 Å². The second-order valence-electron chi connectivity index (χ2n) is 6.20. The Balaban J connectivity index is 0.000000269. The van der Waals surface area contributed by atoms with Gasteiger partial charge in [0.25, 0.3) is 0 Å². The molecule has 0 radical (unpaired) electrons. The van der Waals surface area contributed by atoms with Crippen LogP contribution in [0.3, 0.4) is 0 Å². The minimum atomic E-state index is 0.229. The van der Waals surface area contributed by atoms with E-state index in [2.05, 4.69) is 42.9 Å². The second kappa shape index (κ2) is 9.69. The lowest BCUT2D eigenvalue weighted by molar-refractivity contribution is 1.05. The molecule has 1 aromatic heterocycles. The summed E-state index contributed by atoms with van der Waals surface area (Å²) in [6.07, 6.45) is 4.57. The van der Waals surface area contributed by atoms with Gasteiger partial charge in [-0.15, -0.1) is 0 Å². The van der Waals surface area contributed by atoms with Crippen LogP contribution >= 0.6 is 23.2 Å². The number of aryl methyl sites for hydroxylation is 1. The van der Waals surface area contributed by atoms with Crippen molar-refractivity contribution < 1.29 is 0 Å². The van der Waals surface area contributed by atoms with Gasteiger partial charge in [0.15, 0.2) is 0 Å². The molecule has 130 valence electrons. The highest BCUT2D eigenvalue weighted by Crippen LogP contribution is 2.17. The molecule has 0 bridgehead atoms. The number of nitrogens with zero attached hydrogens (tertiary/aromatic N) is 1. The molecule has 2 aromatic carbocycles. The Kier molecular flexibility index (Phi) is 7.61. The Bertz CT molecular complexity index is 727. The SMILES string of the molecule is CC(C)B(c1ccccc1Cl)c1ccccc1Cl.CCc1cnc[nH]1. The molecule has 0 aliphatic rings. The first-order valence-electron chi connectivity index (χ1n) is 8.50. The van der Waals surface area contributed by atoms with E-state index in [1.54, 1.807) is 6.33 Å². The van der Waals surface area contributed by atoms with Gasteiger partial charge in [-0.2, -0.15) is 0 Å². The number of aromatic nitrogens is 2. The fraction of sp³-hybridized carbons (Fsp3) is 0.250. The molecule has 2 nitrogen and oxygen atoms in total. The van der Waals surface area contributed by atoms with Crippen LogP contribution in [0.4, 0.5) is 0 Å². The highest BCUT2D eigenvalue weighted by molar-refractivity contribution is 6.89. The van der Waals surface area contributed by atoms with E-state index in [0.717, 1.165) is 27.4 Å². The zero-order valence-corrected chi connectivity index (χ0v) is 16.4. The van der Waals surface area contributed by atoms with Gasteiger partial charge in [-0.05, 0) is 18.6 Å². The number of aromatic amines is 1. The van der Waals surface area contributed by atoms with Crippen molar-refractivity contribution >= 4 is 40.8 Å². The Morgan fingerprint density at radius 1 is 0.960 bits per heavy atom. The largest absolute Gasteiger partial charge is 0.349 e. The third kappa shape index (κ3) is 5.39. The van der Waals surface area contributed by atoms with Crippen LogP contribution in [0, 0.1) is 0 Å². The van der Waals surface area contributed by atoms with Gasteiger partial charge in [-0.3, -0.25) is 0 Å². The van der Waals surface area contributed by atoms with E-state index in [0.29, 0.717) is 5.82 Å². The lowest BCUT2D eigenvalue weighted by Gasteiger charge is -2.20. The highest BCUT2D eigenvalue weighted by atomic mass is 35.5. The zero-order valence-electron chi connectivity index (χ0n) is 14.8. The van der Waals surface area contributed by atoms with Crippen LogP contribution < -0.4 is 10.9 Å². The van der Waals surface area contributed by atoms with Gasteiger partial charge in [0.1, 0.15) is 0 Å². The quantitative estimate of drug-likeness (QED) is 0.642. The molecule has 1 N–H and O–H groups in total. The number of benzene rings is 2. The lowest BCUT2D eigenvalue weighted by Crippen LogP contribution is -2.45. The first-order chi connectivity index (χ1) is 12.0. The molecule has 0 fully saturated rings. The fourth-order valence-corrected chi connectivity index (χ4v) is 3.32. The van der Waals surface area contributed by atoms with Crippen molar-refractivity contribution in [3.63, 3.8) is 0 Å². The van der Waals surface area contributed by atoms with Gasteiger partial charge in [-0.25, -0.2) is 4.98 Å². The van der Waals surface area contributed by atoms with Crippen molar-refractivity contribution in [1.29, 1.82) is 0 Å². The van der Waals surface area contributed by atoms with Gasteiger partial charge >= 0.3 is 0 Å². The van der Waals surface area contributed by atoms with Crippen LogP contribution in [0.25, 0.3) is 0 Å². The minimum Gasteiger partial charge on any atom is -0.349 e. The summed E-state index contributed by atoms with van der Waals surface area (Å²) in [6.45, 7) is 6.70. The molecule has 25 heavy (non-hydrogen) atoms. The van der Waals surface area contributed by atoms with E-state index in [1.807, 2.05) is 42.6 Å². The molecular weight excluding hydrogens is 350 g/mol. The molecule has 3 rings (SSSR count). The maximum absolute atomic E-state index is 6.32. The number of halogens is 2. The average Bonchev–Trinajstić information content (AvgIpc) is 3.12. The van der Waals surface area contributed by atoms with Gasteiger partial charge in [0, 0.05) is 21.9 Å². The van der Waals surface area contributed by atoms with Crippen LogP contribution in [-0.4, -0.2) is 16.7 Å². The first kappa shape index (κ1) is 19.6. The van der Waals surface area contributed by atoms with Crippen molar-refractivity contribution in [1.82, 2.24) is 9.97 Å². The Labute approximate surface area is 160 Å². The number of imidazole rings is 1. The maximum Gasteiger partial charge on any atom is 0.215 e. The molecule has 0 amide bonds. The predicted molar refractivity (Wildman–Crippen MR) is 111 cm³/mol. The molecule has 0 aliphatic heterocycles. The summed E-state index contributed by atoms with van der Waals surface area (Å²) >= 11 is 12.6. The Hall–Kier alpha value is -1.71. The number of nitrogens with one attached hydrogen (secondary N) is 1. The minimum absolute atomic E-state index is 0.229. The van der Waals surface area contributed by atoms with E-state index in [9.17, 15) is 0 Å². The molecular formula is C20H23BCl2N2. The third-order valence-electron chi connectivity index (χ3n) is 4.08. The summed E-state index contributed by atoms with van der Waals surface area (Å²) in [6, 6.07) is 16.0. The molecule has 0 saturated heterocycles. The third-order valence-corrected chi connectivity index (χ3v) is 4.77. The Morgan fingerprint density at radius 3 is 1.80 bits per heavy atom. The summed E-state index contributed by atoms with van der Waals surface area (Å²) in [7, 11) is 0. The number of rotatable bonds is 4. The van der Waals surface area contributed by atoms with Crippen LogP contribution in [0.2, 0.25) is 15.9 Å². The summed E-state index contributed by atoms with van der Waals surface area (Å²) < 4.78 is 0. The topological polar surface area (TPSA) is 28.7 Å². The molecule has 5 heteroatoms. The molecule has 0 saturated carbocycles. The molecule has 0 aliphatic carbocycles. The van der Waals surface area contributed by atoms with Crippen LogP contribution in [-0.2, 0) is 6.42 Å². The predicted octanol–water partition coefficient (Wildman–Crippen LogP) is 4.98. The maximum atomic E-state index is 6.32. The van der Waals surface area contributed by atoms with Crippen LogP contribution in [0.1, 0.15) is 26.5 Å². The van der Waals surface area contributed by atoms with E-state index < -0.39 is 0 Å². The van der Waals surface area contributed by atoms with Gasteiger partial charge < -0.3 is 4.98 Å². The molecule has 0 unspecified atom stereocenters. The van der Waals surface area contributed by atoms with E-state index in [1.165, 1.54) is 5.69 Å². The van der Waals surface area contributed by atoms with Crippen molar-refractivity contribution in [2.24, 2.45) is 0 Å². The summed E-state index contributed by atoms with van der Waals surface area (Å²) in [5.74, 6) is 0.435. The smallest absolute Gasteiger partial charge is 0.215 e. The highest BCUT2D eigenvalue weighted by Gasteiger charge is 2.26. The molecule has 0 atom stereocenters. The van der Waals surface area contributed by atoms with E-state index >= 15 is 0 Å². The van der Waals surface area contributed by atoms with E-state index in [4.69, 9.17) is 23.2 Å². The molecule has 3 aromatic rings. The van der Waals surface area contributed by atoms with Crippen molar-refractivity contribution in [3.8, 4) is 0 Å². The fourth-order valence-electron chi connectivity index (χ4n) is 2.82. The van der Waals surface area contributed by atoms with Gasteiger partial charge in [0.05, 0.1) is 6.33 Å². The Morgan fingerprint density at radius 2 is 1.48 bits per heavy atom. The standard InChI is InChI=1S/C15H15BCl2.C5H8N2/c1-11(2)16(12-7-3-5-9-14(12)17)13-8-4-6-10-15(13)18;1-2-5-3-6-4-7-5/h3-11H,1-2H3;3-4H,2H2,1H3,(H,6,7). The number of hydrogen-bond acceptors (Lipinski definition) is 1. The van der Waals surface area contributed by atoms with Crippen LogP contribution in [0.15, 0.2) is 61.1 Å². The van der Waals surface area contributed by atoms with Crippen LogP contribution in [0.5, 0.6) is 0 Å². The second-order valence-corrected chi connectivity index (χ2v) is 7.01. The van der Waals surface area contributed by atoms with E-state index in [-0.39, 0.29) is 6.71 Å². The monoisotopic (exact) mass is 372 g/mol. The average molecular weight is 373 g/mol. The molecule has 0 spiro atoms. The summed E-state index contributed by atoms with van der Waals surface area (Å²) in [5, 5.41) is 1.60. The normalized spacial score (nSPS) is 10.3. The molecule has 1 heterocycles. The zero-order chi connectivity index (χ0) is 18.2. The summed E-state index contributed by atoms with van der Waals surface area (Å²) in [5.41, 5.74) is 3.48. The van der Waals surface area contributed by atoms with Crippen molar-refractivity contribution in [2.45, 2.75) is 33.0 Å². The van der Waals surface area contributed by atoms with Crippen molar-refractivity contribution in [3.05, 3.63) is 76.8 Å². The first-order valence-corrected chi connectivity index (χ1v) is 9.26.